The van der Waals surface area contributed by atoms with Gasteiger partial charge in [0.25, 0.3) is 5.91 Å². The molecule has 6 nitrogen and oxygen atoms in total. The van der Waals surface area contributed by atoms with Gasteiger partial charge in [-0.05, 0) is 60.5 Å². The summed E-state index contributed by atoms with van der Waals surface area (Å²) in [6.45, 7) is 2.23. The number of ether oxygens (including phenoxy) is 3. The molecule has 1 amide bonds. The molecule has 0 radical (unpaired) electrons. The lowest BCUT2D eigenvalue weighted by Crippen LogP contribution is -2.30. The van der Waals surface area contributed by atoms with Crippen molar-refractivity contribution in [2.24, 2.45) is 4.99 Å². The standard InChI is InChI=1S/C26H22N2O4S/c1-17-3-8-20(9-4-17)28-25(29)22(13-19-7-12-23-24(14-19)32-16-31-23)27-26(28)33-15-18-5-10-21(30-2)11-6-18/h3-14H,15-16H2,1-2H3/b22-13-. The molecule has 0 saturated carbocycles. The van der Waals surface area contributed by atoms with Crippen molar-refractivity contribution in [3.05, 3.63) is 89.1 Å². The van der Waals surface area contributed by atoms with Gasteiger partial charge in [0, 0.05) is 5.75 Å². The van der Waals surface area contributed by atoms with Crippen LogP contribution in [0.15, 0.2) is 77.4 Å². The van der Waals surface area contributed by atoms with Gasteiger partial charge in [-0.25, -0.2) is 4.99 Å². The number of amidine groups is 1. The number of aliphatic imine (C=N–C) groups is 1. The van der Waals surface area contributed by atoms with Gasteiger partial charge in [-0.3, -0.25) is 9.69 Å². The second-order valence-corrected chi connectivity index (χ2v) is 8.59. The first-order valence-electron chi connectivity index (χ1n) is 10.5. The summed E-state index contributed by atoms with van der Waals surface area (Å²) >= 11 is 1.52. The van der Waals surface area contributed by atoms with E-state index in [-0.39, 0.29) is 12.7 Å². The number of rotatable bonds is 5. The van der Waals surface area contributed by atoms with Crippen LogP contribution in [0.25, 0.3) is 6.08 Å². The molecule has 0 saturated heterocycles. The van der Waals surface area contributed by atoms with Crippen molar-refractivity contribution < 1.29 is 19.0 Å². The molecule has 2 aliphatic rings. The molecule has 0 unspecified atom stereocenters. The number of aryl methyl sites for hydroxylation is 1. The number of carbonyl (C=O) groups excluding carboxylic acids is 1. The van der Waals surface area contributed by atoms with Crippen molar-refractivity contribution in [2.45, 2.75) is 12.7 Å². The number of carbonyl (C=O) groups is 1. The first kappa shape index (κ1) is 21.2. The van der Waals surface area contributed by atoms with Gasteiger partial charge in [-0.15, -0.1) is 0 Å². The van der Waals surface area contributed by atoms with Gasteiger partial charge in [-0.1, -0.05) is 47.7 Å². The second kappa shape index (κ2) is 9.03. The van der Waals surface area contributed by atoms with Crippen molar-refractivity contribution in [3.8, 4) is 17.2 Å². The highest BCUT2D eigenvalue weighted by atomic mass is 32.2. The van der Waals surface area contributed by atoms with Crippen LogP contribution in [-0.4, -0.2) is 25.0 Å². The molecule has 0 bridgehead atoms. The molecule has 2 aliphatic heterocycles. The van der Waals surface area contributed by atoms with E-state index in [2.05, 4.69) is 0 Å². The molecule has 0 spiro atoms. The predicted octanol–water partition coefficient (Wildman–Crippen LogP) is 5.41. The Balaban J connectivity index is 1.44. The zero-order valence-corrected chi connectivity index (χ0v) is 19.1. The Morgan fingerprint density at radius 3 is 2.55 bits per heavy atom. The predicted molar refractivity (Wildman–Crippen MR) is 131 cm³/mol. The molecule has 0 aromatic heterocycles. The number of benzene rings is 3. The summed E-state index contributed by atoms with van der Waals surface area (Å²) in [5.74, 6) is 2.70. The number of fused-ring (bicyclic) bond motifs is 1. The van der Waals surface area contributed by atoms with Gasteiger partial charge in [0.15, 0.2) is 16.7 Å². The van der Waals surface area contributed by atoms with Gasteiger partial charge in [0.05, 0.1) is 12.8 Å². The molecule has 3 aromatic carbocycles. The lowest BCUT2D eigenvalue weighted by atomic mass is 10.1. The highest BCUT2D eigenvalue weighted by molar-refractivity contribution is 8.13. The lowest BCUT2D eigenvalue weighted by Gasteiger charge is -2.18. The van der Waals surface area contributed by atoms with Crippen molar-refractivity contribution >= 4 is 34.6 Å². The van der Waals surface area contributed by atoms with E-state index in [1.807, 2.05) is 73.7 Å². The highest BCUT2D eigenvalue weighted by Gasteiger charge is 2.32. The summed E-state index contributed by atoms with van der Waals surface area (Å²) in [7, 11) is 1.65. The maximum atomic E-state index is 13.4. The molecule has 3 aromatic rings. The zero-order valence-electron chi connectivity index (χ0n) is 18.3. The first-order valence-corrected chi connectivity index (χ1v) is 11.5. The van der Waals surface area contributed by atoms with E-state index in [1.54, 1.807) is 18.1 Å². The van der Waals surface area contributed by atoms with E-state index in [9.17, 15) is 4.79 Å². The normalized spacial score (nSPS) is 15.8. The Labute approximate surface area is 196 Å². The monoisotopic (exact) mass is 458 g/mol. The minimum atomic E-state index is -0.159. The molecule has 166 valence electrons. The minimum absolute atomic E-state index is 0.159. The smallest absolute Gasteiger partial charge is 0.283 e. The van der Waals surface area contributed by atoms with Crippen molar-refractivity contribution in [3.63, 3.8) is 0 Å². The van der Waals surface area contributed by atoms with Crippen LogP contribution in [0.2, 0.25) is 0 Å². The molecule has 0 N–H and O–H groups in total. The van der Waals surface area contributed by atoms with Crippen LogP contribution in [0.4, 0.5) is 5.69 Å². The van der Waals surface area contributed by atoms with E-state index in [0.717, 1.165) is 28.1 Å². The fourth-order valence-corrected chi connectivity index (χ4v) is 4.51. The lowest BCUT2D eigenvalue weighted by molar-refractivity contribution is -0.113. The third-order valence-electron chi connectivity index (χ3n) is 5.35. The molecule has 7 heteroatoms. The average molecular weight is 459 g/mol. The number of hydrogen-bond donors (Lipinski definition) is 0. The van der Waals surface area contributed by atoms with E-state index in [1.165, 1.54) is 11.8 Å². The summed E-state index contributed by atoms with van der Waals surface area (Å²) in [5, 5.41) is 0.645. The maximum Gasteiger partial charge on any atom is 0.283 e. The zero-order chi connectivity index (χ0) is 22.8. The average Bonchev–Trinajstić information content (AvgIpc) is 3.43. The van der Waals surface area contributed by atoms with Crippen molar-refractivity contribution in [1.29, 1.82) is 0 Å². The van der Waals surface area contributed by atoms with Gasteiger partial charge in [0.1, 0.15) is 11.4 Å². The Morgan fingerprint density at radius 2 is 1.79 bits per heavy atom. The van der Waals surface area contributed by atoms with Gasteiger partial charge >= 0.3 is 0 Å². The number of methoxy groups -OCH3 is 1. The number of thioether (sulfide) groups is 1. The third-order valence-corrected chi connectivity index (χ3v) is 6.36. The molecule has 33 heavy (non-hydrogen) atoms. The van der Waals surface area contributed by atoms with E-state index >= 15 is 0 Å². The molecular weight excluding hydrogens is 436 g/mol. The van der Waals surface area contributed by atoms with Gasteiger partial charge in [-0.2, -0.15) is 0 Å². The number of hydrogen-bond acceptors (Lipinski definition) is 6. The van der Waals surface area contributed by atoms with Crippen LogP contribution >= 0.6 is 11.8 Å². The minimum Gasteiger partial charge on any atom is -0.497 e. The third kappa shape index (κ3) is 4.45. The summed E-state index contributed by atoms with van der Waals surface area (Å²) in [4.78, 5) is 19.8. The van der Waals surface area contributed by atoms with E-state index < -0.39 is 0 Å². The molecule has 0 fully saturated rings. The van der Waals surface area contributed by atoms with Crippen LogP contribution in [0.3, 0.4) is 0 Å². The van der Waals surface area contributed by atoms with Crippen LogP contribution in [0.1, 0.15) is 16.7 Å². The second-order valence-electron chi connectivity index (χ2n) is 7.65. The fraction of sp³-hybridized carbons (Fsp3) is 0.154. The molecule has 0 atom stereocenters. The van der Waals surface area contributed by atoms with Gasteiger partial charge < -0.3 is 14.2 Å². The Hall–Kier alpha value is -3.71. The van der Waals surface area contributed by atoms with Crippen LogP contribution in [0.5, 0.6) is 17.2 Å². The molecule has 0 aliphatic carbocycles. The van der Waals surface area contributed by atoms with Crippen LogP contribution in [0, 0.1) is 6.92 Å². The summed E-state index contributed by atoms with van der Waals surface area (Å²) in [6.07, 6.45) is 1.78. The highest BCUT2D eigenvalue weighted by Crippen LogP contribution is 2.35. The van der Waals surface area contributed by atoms with Crippen LogP contribution < -0.4 is 19.1 Å². The molecule has 5 rings (SSSR count). The summed E-state index contributed by atoms with van der Waals surface area (Å²) < 4.78 is 16.1. The van der Waals surface area contributed by atoms with E-state index in [0.29, 0.717) is 28.1 Å². The quantitative estimate of drug-likeness (QED) is 0.479. The number of nitrogens with zero attached hydrogens (tertiary/aromatic N) is 2. The van der Waals surface area contributed by atoms with Crippen LogP contribution in [-0.2, 0) is 10.5 Å². The fourth-order valence-electron chi connectivity index (χ4n) is 3.55. The summed E-state index contributed by atoms with van der Waals surface area (Å²) in [5.41, 5.74) is 4.25. The Morgan fingerprint density at radius 1 is 1.03 bits per heavy atom. The number of anilines is 1. The summed E-state index contributed by atoms with van der Waals surface area (Å²) in [6, 6.07) is 21.4. The largest absolute Gasteiger partial charge is 0.497 e. The SMILES string of the molecule is COc1ccc(CSC2=N/C(=C\c3ccc4c(c3)OCO4)C(=O)N2c2ccc(C)cc2)cc1. The maximum absolute atomic E-state index is 13.4. The first-order chi connectivity index (χ1) is 16.1. The number of amides is 1. The molecule has 2 heterocycles. The van der Waals surface area contributed by atoms with E-state index in [4.69, 9.17) is 19.2 Å². The van der Waals surface area contributed by atoms with Crippen molar-refractivity contribution in [2.75, 3.05) is 18.8 Å². The Bertz CT molecular complexity index is 1250. The molecular formula is C26H22N2O4S. The topological polar surface area (TPSA) is 60.4 Å². The van der Waals surface area contributed by atoms with Gasteiger partial charge in [0.2, 0.25) is 6.79 Å². The Kier molecular flexibility index (Phi) is 5.79. The van der Waals surface area contributed by atoms with Crippen molar-refractivity contribution in [1.82, 2.24) is 0 Å².